The molecule has 0 saturated heterocycles. The molecule has 2 aliphatic carbocycles. The number of carbonyl (C=O) groups is 1. The van der Waals surface area contributed by atoms with Gasteiger partial charge in [0.1, 0.15) is 4.86 Å². The Morgan fingerprint density at radius 3 is 2.59 bits per heavy atom. The van der Waals surface area contributed by atoms with Gasteiger partial charge in [-0.15, -0.1) is 0 Å². The van der Waals surface area contributed by atoms with Crippen LogP contribution >= 0.6 is 0 Å². The van der Waals surface area contributed by atoms with Crippen LogP contribution in [0.1, 0.15) is 11.1 Å². The van der Waals surface area contributed by atoms with Crippen LogP contribution in [0.25, 0.3) is 5.57 Å². The van der Waals surface area contributed by atoms with Crippen LogP contribution in [0.4, 0.5) is 0 Å². The zero-order chi connectivity index (χ0) is 12.0. The number of ketones is 1. The lowest BCUT2D eigenvalue weighted by molar-refractivity contribution is -0.109. The lowest BCUT2D eigenvalue weighted by Gasteiger charge is -2.07. The largest absolute Gasteiger partial charge is 0.288 e. The fourth-order valence-corrected chi connectivity index (χ4v) is 2.75. The van der Waals surface area contributed by atoms with E-state index in [0.29, 0.717) is 12.0 Å². The molecule has 0 saturated carbocycles. The number of Topliss-reactive ketones (excluding diaryl/α,β-unsaturated/α-hetero) is 1. The number of carbonyl (C=O) groups excluding carboxylic acids is 1. The highest BCUT2D eigenvalue weighted by atomic mass is 32.2. The first-order valence-corrected chi connectivity index (χ1v) is 6.26. The van der Waals surface area contributed by atoms with Crippen molar-refractivity contribution in [1.82, 2.24) is 0 Å². The fraction of sp³-hybridized carbons (Fsp3) is 0.0769. The summed E-state index contributed by atoms with van der Waals surface area (Å²) in [6.07, 6.45) is 3.62. The van der Waals surface area contributed by atoms with E-state index in [-0.39, 0.29) is 10.6 Å². The smallest absolute Gasteiger partial charge is 0.225 e. The summed E-state index contributed by atoms with van der Waals surface area (Å²) in [5.41, 5.74) is 3.56. The van der Waals surface area contributed by atoms with Gasteiger partial charge in [0.05, 0.1) is 0 Å². The van der Waals surface area contributed by atoms with Gasteiger partial charge in [-0.3, -0.25) is 4.79 Å². The highest BCUT2D eigenvalue weighted by molar-refractivity contribution is 7.75. The molecule has 0 unspecified atom stereocenters. The molecular weight excluding hydrogens is 236 g/mol. The molecule has 4 heteroatoms. The molecule has 0 atom stereocenters. The maximum atomic E-state index is 12.0. The third-order valence-corrected chi connectivity index (χ3v) is 3.76. The monoisotopic (exact) mass is 244 g/mol. The molecule has 84 valence electrons. The lowest BCUT2D eigenvalue weighted by Crippen LogP contribution is -2.18. The van der Waals surface area contributed by atoms with Crippen LogP contribution in [-0.2, 0) is 21.5 Å². The Balaban J connectivity index is 2.21. The molecule has 0 amide bonds. The number of fused-ring (bicyclic) bond motifs is 2. The molecule has 3 nitrogen and oxygen atoms in total. The molecule has 0 heterocycles. The van der Waals surface area contributed by atoms with Crippen LogP contribution in [0.3, 0.4) is 0 Å². The van der Waals surface area contributed by atoms with Crippen LogP contribution in [-0.4, -0.2) is 19.1 Å². The first-order chi connectivity index (χ1) is 8.18. The molecular formula is C13H8O3S. The van der Waals surface area contributed by atoms with Crippen LogP contribution in [0, 0.1) is 0 Å². The summed E-state index contributed by atoms with van der Waals surface area (Å²) < 4.78 is 21.8. The summed E-state index contributed by atoms with van der Waals surface area (Å²) in [6, 6.07) is 7.75. The van der Waals surface area contributed by atoms with Gasteiger partial charge in [0.15, 0.2) is 0 Å². The zero-order valence-electron chi connectivity index (χ0n) is 8.80. The van der Waals surface area contributed by atoms with E-state index in [9.17, 15) is 13.2 Å². The van der Waals surface area contributed by atoms with Crippen molar-refractivity contribution in [3.63, 3.8) is 0 Å². The van der Waals surface area contributed by atoms with E-state index >= 15 is 0 Å². The minimum atomic E-state index is -2.46. The average Bonchev–Trinajstić information content (AvgIpc) is 2.69. The number of allylic oxidation sites excluding steroid dienone is 4. The van der Waals surface area contributed by atoms with Crippen LogP contribution < -0.4 is 0 Å². The second-order valence-corrected chi connectivity index (χ2v) is 4.90. The summed E-state index contributed by atoms with van der Waals surface area (Å²) in [5, 5.41) is 0. The second-order valence-electron chi connectivity index (χ2n) is 3.99. The quantitative estimate of drug-likeness (QED) is 0.644. The SMILES string of the molecule is O=C1C2=C(C=CC1=S(=O)=O)c1ccccc1C2. The fourth-order valence-electron chi connectivity index (χ4n) is 2.29. The molecule has 17 heavy (non-hydrogen) atoms. The van der Waals surface area contributed by atoms with Crippen molar-refractivity contribution in [2.45, 2.75) is 6.42 Å². The number of hydrogen-bond acceptors (Lipinski definition) is 3. The Morgan fingerprint density at radius 1 is 1.06 bits per heavy atom. The molecule has 0 radical (unpaired) electrons. The van der Waals surface area contributed by atoms with Gasteiger partial charge in [0, 0.05) is 12.0 Å². The van der Waals surface area contributed by atoms with Gasteiger partial charge in [-0.1, -0.05) is 30.3 Å². The normalized spacial score (nSPS) is 17.2. The highest BCUT2D eigenvalue weighted by Crippen LogP contribution is 2.36. The van der Waals surface area contributed by atoms with Crippen molar-refractivity contribution in [2.75, 3.05) is 0 Å². The first-order valence-electron chi connectivity index (χ1n) is 5.19. The molecule has 0 bridgehead atoms. The van der Waals surface area contributed by atoms with Gasteiger partial charge < -0.3 is 0 Å². The maximum absolute atomic E-state index is 12.0. The number of hydrogen-bond donors (Lipinski definition) is 0. The standard InChI is InChI=1S/C13H8O3S/c14-13-11-7-8-3-1-2-4-9(8)10(11)5-6-12(13)17(15)16/h1-6H,7H2. The third kappa shape index (κ3) is 1.41. The van der Waals surface area contributed by atoms with Crippen molar-refractivity contribution in [3.05, 3.63) is 53.1 Å². The topological polar surface area (TPSA) is 51.2 Å². The maximum Gasteiger partial charge on any atom is 0.225 e. The Morgan fingerprint density at radius 2 is 1.82 bits per heavy atom. The zero-order valence-corrected chi connectivity index (χ0v) is 9.62. The summed E-state index contributed by atoms with van der Waals surface area (Å²) >= 11 is 0. The molecule has 0 aromatic heterocycles. The van der Waals surface area contributed by atoms with Gasteiger partial charge in [-0.05, 0) is 22.8 Å². The van der Waals surface area contributed by atoms with Gasteiger partial charge in [-0.2, -0.15) is 8.42 Å². The summed E-state index contributed by atoms with van der Waals surface area (Å²) in [5.74, 6) is -0.368. The summed E-state index contributed by atoms with van der Waals surface area (Å²) in [7, 11) is -2.46. The van der Waals surface area contributed by atoms with Crippen molar-refractivity contribution in [3.8, 4) is 0 Å². The van der Waals surface area contributed by atoms with E-state index in [2.05, 4.69) is 0 Å². The van der Waals surface area contributed by atoms with Crippen molar-refractivity contribution in [2.24, 2.45) is 0 Å². The Bertz CT molecular complexity index is 726. The molecule has 0 fully saturated rings. The van der Waals surface area contributed by atoms with Gasteiger partial charge in [-0.25, -0.2) is 0 Å². The molecule has 1 aromatic rings. The van der Waals surface area contributed by atoms with E-state index in [0.717, 1.165) is 16.7 Å². The predicted molar refractivity (Wildman–Crippen MR) is 65.1 cm³/mol. The molecule has 0 aliphatic heterocycles. The average molecular weight is 244 g/mol. The van der Waals surface area contributed by atoms with E-state index in [4.69, 9.17) is 0 Å². The van der Waals surface area contributed by atoms with Crippen LogP contribution in [0.5, 0.6) is 0 Å². The van der Waals surface area contributed by atoms with Gasteiger partial charge >= 0.3 is 0 Å². The van der Waals surface area contributed by atoms with Crippen LogP contribution in [0.15, 0.2) is 42.0 Å². The summed E-state index contributed by atoms with van der Waals surface area (Å²) in [6.45, 7) is 0. The van der Waals surface area contributed by atoms with E-state index in [1.807, 2.05) is 24.3 Å². The number of rotatable bonds is 0. The third-order valence-electron chi connectivity index (χ3n) is 3.08. The first kappa shape index (κ1) is 10.2. The molecule has 0 N–H and O–H groups in total. The Hall–Kier alpha value is -1.94. The number of benzene rings is 1. The Labute approximate surface area is 99.6 Å². The predicted octanol–water partition coefficient (Wildman–Crippen LogP) is 1.19. The molecule has 1 aromatic carbocycles. The van der Waals surface area contributed by atoms with E-state index in [1.165, 1.54) is 6.08 Å². The summed E-state index contributed by atoms with van der Waals surface area (Å²) in [4.78, 5) is 11.8. The minimum absolute atomic E-state index is 0.142. The lowest BCUT2D eigenvalue weighted by atomic mass is 9.97. The van der Waals surface area contributed by atoms with Gasteiger partial charge in [0.25, 0.3) is 0 Å². The molecule has 3 rings (SSSR count). The second kappa shape index (κ2) is 3.53. The van der Waals surface area contributed by atoms with E-state index < -0.39 is 10.3 Å². The van der Waals surface area contributed by atoms with Gasteiger partial charge in [0.2, 0.25) is 16.1 Å². The van der Waals surface area contributed by atoms with Crippen molar-refractivity contribution >= 4 is 26.5 Å². The van der Waals surface area contributed by atoms with Crippen molar-refractivity contribution in [1.29, 1.82) is 0 Å². The minimum Gasteiger partial charge on any atom is -0.288 e. The van der Waals surface area contributed by atoms with E-state index in [1.54, 1.807) is 6.08 Å². The molecule has 0 spiro atoms. The molecule has 2 aliphatic rings. The van der Waals surface area contributed by atoms with Crippen LogP contribution in [0.2, 0.25) is 0 Å². The highest BCUT2D eigenvalue weighted by Gasteiger charge is 2.29. The van der Waals surface area contributed by atoms with Crippen molar-refractivity contribution < 1.29 is 13.2 Å². The Kier molecular flexibility index (Phi) is 2.12.